The summed E-state index contributed by atoms with van der Waals surface area (Å²) >= 11 is 0. The molecule has 0 heterocycles. The van der Waals surface area contributed by atoms with E-state index in [1.165, 1.54) is 12.5 Å². The maximum atomic E-state index is 13.9. The van der Waals surface area contributed by atoms with Gasteiger partial charge in [-0.05, 0) is 37.8 Å². The van der Waals surface area contributed by atoms with E-state index < -0.39 is 11.9 Å². The van der Waals surface area contributed by atoms with E-state index in [0.717, 1.165) is 25.7 Å². The molecule has 4 nitrogen and oxygen atoms in total. The minimum atomic E-state index is -0.851. The Labute approximate surface area is 118 Å². The first-order chi connectivity index (χ1) is 9.69. The molecule has 1 atom stereocenters. The van der Waals surface area contributed by atoms with Crippen LogP contribution in [0.4, 0.5) is 10.1 Å². The highest BCUT2D eigenvalue weighted by Crippen LogP contribution is 2.27. The molecule has 3 N–H and O–H groups in total. The van der Waals surface area contributed by atoms with E-state index in [0.29, 0.717) is 5.69 Å². The molecule has 0 saturated heterocycles. The number of rotatable bonds is 6. The molecule has 1 aromatic carbocycles. The van der Waals surface area contributed by atoms with Gasteiger partial charge in [-0.3, -0.25) is 0 Å². The third-order valence-electron chi connectivity index (χ3n) is 3.53. The SMILES string of the molecule is OCC(O)CNc1ccc(OC2CCCCC2)c(F)c1. The van der Waals surface area contributed by atoms with Gasteiger partial charge in [-0.15, -0.1) is 0 Å². The summed E-state index contributed by atoms with van der Waals surface area (Å²) in [6, 6.07) is 4.67. The quantitative estimate of drug-likeness (QED) is 0.749. The van der Waals surface area contributed by atoms with E-state index in [-0.39, 0.29) is 25.0 Å². The second-order valence-electron chi connectivity index (χ2n) is 5.24. The summed E-state index contributed by atoms with van der Waals surface area (Å²) in [4.78, 5) is 0. The normalized spacial score (nSPS) is 17.8. The molecule has 1 aromatic rings. The molecule has 0 spiro atoms. The van der Waals surface area contributed by atoms with E-state index in [4.69, 9.17) is 9.84 Å². The third-order valence-corrected chi connectivity index (χ3v) is 3.53. The highest BCUT2D eigenvalue weighted by atomic mass is 19.1. The Morgan fingerprint density at radius 1 is 1.30 bits per heavy atom. The van der Waals surface area contributed by atoms with Gasteiger partial charge in [-0.25, -0.2) is 4.39 Å². The molecule has 1 fully saturated rings. The van der Waals surface area contributed by atoms with Crippen LogP contribution in [0.25, 0.3) is 0 Å². The lowest BCUT2D eigenvalue weighted by Gasteiger charge is -2.23. The predicted molar refractivity (Wildman–Crippen MR) is 75.5 cm³/mol. The van der Waals surface area contributed by atoms with Crippen molar-refractivity contribution in [2.24, 2.45) is 0 Å². The Hall–Kier alpha value is -1.33. The van der Waals surface area contributed by atoms with Crippen LogP contribution in [0.1, 0.15) is 32.1 Å². The van der Waals surface area contributed by atoms with Crippen molar-refractivity contribution in [1.82, 2.24) is 0 Å². The van der Waals surface area contributed by atoms with E-state index >= 15 is 0 Å². The van der Waals surface area contributed by atoms with Gasteiger partial charge in [0, 0.05) is 18.3 Å². The largest absolute Gasteiger partial charge is 0.487 e. The molecule has 20 heavy (non-hydrogen) atoms. The number of hydrogen-bond donors (Lipinski definition) is 3. The van der Waals surface area contributed by atoms with Crippen molar-refractivity contribution in [3.05, 3.63) is 24.0 Å². The number of hydrogen-bond acceptors (Lipinski definition) is 4. The van der Waals surface area contributed by atoms with Gasteiger partial charge in [0.25, 0.3) is 0 Å². The number of anilines is 1. The zero-order chi connectivity index (χ0) is 14.4. The Morgan fingerprint density at radius 3 is 2.70 bits per heavy atom. The average Bonchev–Trinajstić information content (AvgIpc) is 2.48. The summed E-state index contributed by atoms with van der Waals surface area (Å²) in [7, 11) is 0. The number of aliphatic hydroxyl groups is 2. The standard InChI is InChI=1S/C15H22FNO3/c16-14-8-11(17-9-12(19)10-18)6-7-15(14)20-13-4-2-1-3-5-13/h6-8,12-13,17-19H,1-5,9-10H2. The molecule has 1 saturated carbocycles. The number of ether oxygens (including phenoxy) is 1. The minimum absolute atomic E-state index is 0.119. The maximum absolute atomic E-state index is 13.9. The van der Waals surface area contributed by atoms with Gasteiger partial charge in [-0.1, -0.05) is 6.42 Å². The highest BCUT2D eigenvalue weighted by molar-refractivity contribution is 5.47. The fraction of sp³-hybridized carbons (Fsp3) is 0.600. The molecule has 2 rings (SSSR count). The Bertz CT molecular complexity index is 422. The summed E-state index contributed by atoms with van der Waals surface area (Å²) in [5.74, 6) is -0.121. The van der Waals surface area contributed by atoms with Crippen molar-refractivity contribution in [2.45, 2.75) is 44.3 Å². The zero-order valence-corrected chi connectivity index (χ0v) is 11.5. The first kappa shape index (κ1) is 15.1. The van der Waals surface area contributed by atoms with Crippen LogP contribution < -0.4 is 10.1 Å². The van der Waals surface area contributed by atoms with Crippen molar-refractivity contribution >= 4 is 5.69 Å². The van der Waals surface area contributed by atoms with Gasteiger partial charge in [-0.2, -0.15) is 0 Å². The van der Waals surface area contributed by atoms with Crippen LogP contribution >= 0.6 is 0 Å². The van der Waals surface area contributed by atoms with Crippen molar-refractivity contribution in [2.75, 3.05) is 18.5 Å². The van der Waals surface area contributed by atoms with Crippen molar-refractivity contribution in [3.63, 3.8) is 0 Å². The Kier molecular flexibility index (Phi) is 5.61. The first-order valence-corrected chi connectivity index (χ1v) is 7.18. The van der Waals surface area contributed by atoms with Crippen molar-refractivity contribution in [3.8, 4) is 5.75 Å². The molecule has 0 radical (unpaired) electrons. The Balaban J connectivity index is 1.91. The summed E-state index contributed by atoms with van der Waals surface area (Å²) in [6.45, 7) is -0.142. The second-order valence-corrected chi connectivity index (χ2v) is 5.24. The third kappa shape index (κ3) is 4.35. The molecule has 0 amide bonds. The van der Waals surface area contributed by atoms with Crippen LogP contribution in [0.2, 0.25) is 0 Å². The van der Waals surface area contributed by atoms with Crippen LogP contribution in [-0.4, -0.2) is 35.6 Å². The number of nitrogens with one attached hydrogen (secondary N) is 1. The smallest absolute Gasteiger partial charge is 0.167 e. The minimum Gasteiger partial charge on any atom is -0.487 e. The fourth-order valence-electron chi connectivity index (χ4n) is 2.37. The number of aliphatic hydroxyl groups excluding tert-OH is 2. The van der Waals surface area contributed by atoms with E-state index in [9.17, 15) is 9.50 Å². The summed E-state index contributed by atoms with van der Waals surface area (Å²) in [5, 5.41) is 20.8. The molecule has 0 aliphatic heterocycles. The van der Waals surface area contributed by atoms with Gasteiger partial charge in [0.2, 0.25) is 0 Å². The van der Waals surface area contributed by atoms with Crippen LogP contribution in [0.5, 0.6) is 5.75 Å². The van der Waals surface area contributed by atoms with Crippen molar-refractivity contribution < 1.29 is 19.3 Å². The number of benzene rings is 1. The van der Waals surface area contributed by atoms with Gasteiger partial charge in [0.15, 0.2) is 11.6 Å². The average molecular weight is 283 g/mol. The molecular weight excluding hydrogens is 261 g/mol. The monoisotopic (exact) mass is 283 g/mol. The molecule has 112 valence electrons. The van der Waals surface area contributed by atoms with E-state index in [2.05, 4.69) is 5.32 Å². The van der Waals surface area contributed by atoms with Crippen LogP contribution in [0.3, 0.4) is 0 Å². The van der Waals surface area contributed by atoms with Crippen LogP contribution in [0.15, 0.2) is 18.2 Å². The van der Waals surface area contributed by atoms with Gasteiger partial charge >= 0.3 is 0 Å². The highest BCUT2D eigenvalue weighted by Gasteiger charge is 2.16. The second kappa shape index (κ2) is 7.45. The summed E-state index contributed by atoms with van der Waals surface area (Å²) in [5.41, 5.74) is 0.561. The molecule has 1 unspecified atom stereocenters. The van der Waals surface area contributed by atoms with E-state index in [1.54, 1.807) is 12.1 Å². The van der Waals surface area contributed by atoms with Gasteiger partial charge in [0.05, 0.1) is 18.8 Å². The maximum Gasteiger partial charge on any atom is 0.167 e. The molecule has 1 aliphatic rings. The summed E-state index contributed by atoms with van der Waals surface area (Å²) in [6.07, 6.45) is 4.77. The van der Waals surface area contributed by atoms with Gasteiger partial charge in [0.1, 0.15) is 0 Å². The Morgan fingerprint density at radius 2 is 2.05 bits per heavy atom. The van der Waals surface area contributed by atoms with E-state index in [1.807, 2.05) is 0 Å². The summed E-state index contributed by atoms with van der Waals surface area (Å²) < 4.78 is 19.6. The molecule has 1 aliphatic carbocycles. The topological polar surface area (TPSA) is 61.7 Å². The fourth-order valence-corrected chi connectivity index (χ4v) is 2.37. The first-order valence-electron chi connectivity index (χ1n) is 7.18. The lowest BCUT2D eigenvalue weighted by atomic mass is 9.98. The van der Waals surface area contributed by atoms with Crippen molar-refractivity contribution in [1.29, 1.82) is 0 Å². The lowest BCUT2D eigenvalue weighted by Crippen LogP contribution is -2.23. The molecule has 0 bridgehead atoms. The zero-order valence-electron chi connectivity index (χ0n) is 11.5. The number of halogens is 1. The predicted octanol–water partition coefficient (Wildman–Crippen LogP) is 2.30. The van der Waals surface area contributed by atoms with Crippen LogP contribution in [-0.2, 0) is 0 Å². The lowest BCUT2D eigenvalue weighted by molar-refractivity contribution is 0.105. The van der Waals surface area contributed by atoms with Gasteiger partial charge < -0.3 is 20.3 Å². The molecular formula is C15H22FNO3. The molecule has 5 heteroatoms. The molecule has 0 aromatic heterocycles. The van der Waals surface area contributed by atoms with Crippen LogP contribution in [0, 0.1) is 5.82 Å².